The molecule has 0 radical (unpaired) electrons. The van der Waals surface area contributed by atoms with Gasteiger partial charge in [-0.25, -0.2) is 0 Å². The van der Waals surface area contributed by atoms with Gasteiger partial charge in [-0.15, -0.1) is 5.10 Å². The number of tetrazole rings is 1. The molecule has 2 aromatic heterocycles. The molecule has 0 spiro atoms. The Kier molecular flexibility index (Phi) is 3.78. The summed E-state index contributed by atoms with van der Waals surface area (Å²) in [6.45, 7) is 1.85. The van der Waals surface area contributed by atoms with Gasteiger partial charge in [-0.3, -0.25) is 0 Å². The fourth-order valence-electron chi connectivity index (χ4n) is 1.69. The van der Waals surface area contributed by atoms with E-state index in [1.807, 2.05) is 31.2 Å². The summed E-state index contributed by atoms with van der Waals surface area (Å²) in [5.74, 6) is 1.16. The number of nitrogens with zero attached hydrogens (tertiary/aromatic N) is 5. The molecule has 0 amide bonds. The number of aromatic nitrogens is 5. The number of rotatable bonds is 4. The summed E-state index contributed by atoms with van der Waals surface area (Å²) in [4.78, 5) is 0. The zero-order valence-corrected chi connectivity index (χ0v) is 12.6. The predicted octanol–water partition coefficient (Wildman–Crippen LogP) is 2.80. The third-order valence-electron chi connectivity index (χ3n) is 2.65. The lowest BCUT2D eigenvalue weighted by Gasteiger charge is -2.01. The molecule has 0 aliphatic carbocycles. The van der Waals surface area contributed by atoms with Crippen molar-refractivity contribution in [2.45, 2.75) is 6.92 Å². The minimum absolute atomic E-state index is 0.561. The van der Waals surface area contributed by atoms with Crippen molar-refractivity contribution >= 4 is 27.9 Å². The Hall–Kier alpha value is -2.48. The summed E-state index contributed by atoms with van der Waals surface area (Å²) < 4.78 is 7.67. The third kappa shape index (κ3) is 3.16. The first-order chi connectivity index (χ1) is 10.2. The number of benzene rings is 1. The number of nitrogens with one attached hydrogen (secondary N) is 1. The second kappa shape index (κ2) is 5.88. The predicted molar refractivity (Wildman–Crippen MR) is 80.8 cm³/mol. The molecule has 2 heterocycles. The van der Waals surface area contributed by atoms with Gasteiger partial charge in [0.05, 0.1) is 11.4 Å². The van der Waals surface area contributed by atoms with Crippen molar-refractivity contribution < 1.29 is 4.52 Å². The molecule has 106 valence electrons. The number of hydrogen-bond acceptors (Lipinski definition) is 6. The van der Waals surface area contributed by atoms with Crippen molar-refractivity contribution in [2.24, 2.45) is 0 Å². The molecular formula is C13H11BrN6O. The average Bonchev–Trinajstić information content (AvgIpc) is 3.09. The maximum Gasteiger partial charge on any atom is 0.228 e. The fourth-order valence-corrected chi connectivity index (χ4v) is 1.96. The quantitative estimate of drug-likeness (QED) is 0.782. The highest BCUT2D eigenvalue weighted by Crippen LogP contribution is 2.14. The van der Waals surface area contributed by atoms with E-state index in [-0.39, 0.29) is 0 Å². The second-order valence-electron chi connectivity index (χ2n) is 4.24. The first-order valence-corrected chi connectivity index (χ1v) is 6.92. The van der Waals surface area contributed by atoms with Gasteiger partial charge in [0.1, 0.15) is 0 Å². The zero-order chi connectivity index (χ0) is 14.7. The highest BCUT2D eigenvalue weighted by atomic mass is 79.9. The normalized spacial score (nSPS) is 11.1. The Morgan fingerprint density at radius 1 is 1.29 bits per heavy atom. The van der Waals surface area contributed by atoms with Gasteiger partial charge in [-0.05, 0) is 41.6 Å². The molecule has 8 heteroatoms. The second-order valence-corrected chi connectivity index (χ2v) is 5.15. The van der Waals surface area contributed by atoms with Crippen LogP contribution < -0.4 is 5.32 Å². The lowest BCUT2D eigenvalue weighted by molar-refractivity contribution is 0.429. The van der Waals surface area contributed by atoms with E-state index in [9.17, 15) is 0 Å². The largest absolute Gasteiger partial charge is 0.338 e. The minimum atomic E-state index is 0.561. The van der Waals surface area contributed by atoms with Gasteiger partial charge in [0.15, 0.2) is 5.82 Å². The molecule has 1 N–H and O–H groups in total. The average molecular weight is 347 g/mol. The SMILES string of the molecule is Cc1cc(NC=Cc2nnnn2-c2ccc(Br)cc2)on1. The number of hydrogen-bond donors (Lipinski definition) is 1. The molecule has 1 aromatic carbocycles. The molecule has 0 atom stereocenters. The van der Waals surface area contributed by atoms with Gasteiger partial charge in [0.2, 0.25) is 5.88 Å². The first kappa shape index (κ1) is 13.5. The van der Waals surface area contributed by atoms with Gasteiger partial charge < -0.3 is 9.84 Å². The number of anilines is 1. The van der Waals surface area contributed by atoms with Gasteiger partial charge in [-0.2, -0.15) is 4.68 Å². The van der Waals surface area contributed by atoms with E-state index >= 15 is 0 Å². The smallest absolute Gasteiger partial charge is 0.228 e. The number of halogens is 1. The van der Waals surface area contributed by atoms with Crippen LogP contribution in [0.25, 0.3) is 11.8 Å². The van der Waals surface area contributed by atoms with E-state index < -0.39 is 0 Å². The lowest BCUT2D eigenvalue weighted by Crippen LogP contribution is -1.99. The van der Waals surface area contributed by atoms with Crippen molar-refractivity contribution in [3.63, 3.8) is 0 Å². The molecule has 0 aliphatic rings. The molecule has 21 heavy (non-hydrogen) atoms. The summed E-state index contributed by atoms with van der Waals surface area (Å²) in [6.07, 6.45) is 3.45. The van der Waals surface area contributed by atoms with Crippen LogP contribution in [0.15, 0.2) is 45.5 Å². The van der Waals surface area contributed by atoms with E-state index in [2.05, 4.69) is 41.9 Å². The van der Waals surface area contributed by atoms with Crippen molar-refractivity contribution in [3.8, 4) is 5.69 Å². The Labute approximate surface area is 128 Å². The molecule has 0 aliphatic heterocycles. The fraction of sp³-hybridized carbons (Fsp3) is 0.0769. The van der Waals surface area contributed by atoms with E-state index in [0.717, 1.165) is 15.9 Å². The molecule has 0 saturated heterocycles. The van der Waals surface area contributed by atoms with Crippen molar-refractivity contribution in [2.75, 3.05) is 5.32 Å². The summed E-state index contributed by atoms with van der Waals surface area (Å²) in [5.41, 5.74) is 1.68. The monoisotopic (exact) mass is 346 g/mol. The lowest BCUT2D eigenvalue weighted by atomic mass is 10.3. The zero-order valence-electron chi connectivity index (χ0n) is 11.1. The van der Waals surface area contributed by atoms with Crippen LogP contribution >= 0.6 is 15.9 Å². The Morgan fingerprint density at radius 2 is 2.10 bits per heavy atom. The van der Waals surface area contributed by atoms with E-state index in [0.29, 0.717) is 11.7 Å². The van der Waals surface area contributed by atoms with Crippen LogP contribution in [0.2, 0.25) is 0 Å². The molecule has 7 nitrogen and oxygen atoms in total. The van der Waals surface area contributed by atoms with Gasteiger partial charge in [0, 0.05) is 22.8 Å². The molecular weight excluding hydrogens is 336 g/mol. The summed E-state index contributed by atoms with van der Waals surface area (Å²) >= 11 is 3.40. The first-order valence-electron chi connectivity index (χ1n) is 6.13. The van der Waals surface area contributed by atoms with E-state index in [1.165, 1.54) is 0 Å². The maximum absolute atomic E-state index is 5.04. The van der Waals surface area contributed by atoms with Gasteiger partial charge >= 0.3 is 0 Å². The molecule has 3 aromatic rings. The van der Waals surface area contributed by atoms with Crippen LogP contribution in [0.5, 0.6) is 0 Å². The Balaban J connectivity index is 1.77. The van der Waals surface area contributed by atoms with Crippen LogP contribution in [-0.2, 0) is 0 Å². The standard InChI is InChI=1S/C13H11BrN6O/c1-9-8-13(21-17-9)15-7-6-12-16-18-19-20(12)11-4-2-10(14)3-5-11/h2-8,15H,1H3. The van der Waals surface area contributed by atoms with Crippen LogP contribution in [-0.4, -0.2) is 25.4 Å². The summed E-state index contributed by atoms with van der Waals surface area (Å²) in [7, 11) is 0. The van der Waals surface area contributed by atoms with E-state index in [4.69, 9.17) is 4.52 Å². The van der Waals surface area contributed by atoms with Crippen molar-refractivity contribution in [3.05, 3.63) is 52.5 Å². The van der Waals surface area contributed by atoms with Crippen LogP contribution in [0.3, 0.4) is 0 Å². The summed E-state index contributed by atoms with van der Waals surface area (Å²) in [6, 6.07) is 9.50. The molecule has 3 rings (SSSR count). The molecule has 0 unspecified atom stereocenters. The molecule has 0 fully saturated rings. The highest BCUT2D eigenvalue weighted by molar-refractivity contribution is 9.10. The van der Waals surface area contributed by atoms with Gasteiger partial charge in [-0.1, -0.05) is 21.1 Å². The third-order valence-corrected chi connectivity index (χ3v) is 3.18. The summed E-state index contributed by atoms with van der Waals surface area (Å²) in [5, 5.41) is 18.4. The maximum atomic E-state index is 5.04. The topological polar surface area (TPSA) is 81.7 Å². The Morgan fingerprint density at radius 3 is 2.81 bits per heavy atom. The molecule has 0 saturated carbocycles. The van der Waals surface area contributed by atoms with Crippen molar-refractivity contribution in [1.82, 2.24) is 25.4 Å². The minimum Gasteiger partial charge on any atom is -0.338 e. The van der Waals surface area contributed by atoms with Crippen LogP contribution in [0.4, 0.5) is 5.88 Å². The molecule has 0 bridgehead atoms. The van der Waals surface area contributed by atoms with E-state index in [1.54, 1.807) is 23.0 Å². The number of aryl methyl sites for hydroxylation is 1. The van der Waals surface area contributed by atoms with Crippen LogP contribution in [0.1, 0.15) is 11.5 Å². The van der Waals surface area contributed by atoms with Crippen LogP contribution in [0, 0.1) is 6.92 Å². The van der Waals surface area contributed by atoms with Crippen molar-refractivity contribution in [1.29, 1.82) is 0 Å². The highest BCUT2D eigenvalue weighted by Gasteiger charge is 2.05. The van der Waals surface area contributed by atoms with Gasteiger partial charge in [0.25, 0.3) is 0 Å². The Bertz CT molecular complexity index is 761.